The summed E-state index contributed by atoms with van der Waals surface area (Å²) >= 11 is 1.40. The van der Waals surface area contributed by atoms with E-state index >= 15 is 0 Å². The van der Waals surface area contributed by atoms with Crippen molar-refractivity contribution in [3.05, 3.63) is 124 Å². The first kappa shape index (κ1) is 20.5. The van der Waals surface area contributed by atoms with E-state index in [2.05, 4.69) is 15.6 Å². The van der Waals surface area contributed by atoms with Gasteiger partial charge in [0.15, 0.2) is 0 Å². The Hall–Kier alpha value is -3.77. The Morgan fingerprint density at radius 2 is 1.61 bits per heavy atom. The Balaban J connectivity index is 1.44. The van der Waals surface area contributed by atoms with Gasteiger partial charge in [-0.1, -0.05) is 54.6 Å². The molecule has 1 atom stereocenters. The first-order valence-electron chi connectivity index (χ1n) is 9.88. The van der Waals surface area contributed by atoms with Crippen LogP contribution in [0, 0.1) is 0 Å². The number of amides is 2. The average Bonchev–Trinajstić information content (AvgIpc) is 3.37. The van der Waals surface area contributed by atoms with E-state index in [1.807, 2.05) is 72.1 Å². The van der Waals surface area contributed by atoms with Gasteiger partial charge >= 0.3 is 0 Å². The lowest BCUT2D eigenvalue weighted by molar-refractivity contribution is 0.0937. The third-order valence-electron chi connectivity index (χ3n) is 4.81. The van der Waals surface area contributed by atoms with E-state index in [1.54, 1.807) is 24.4 Å². The highest BCUT2D eigenvalue weighted by molar-refractivity contribution is 7.12. The molecule has 4 rings (SSSR count). The number of benzene rings is 2. The number of nitrogens with one attached hydrogen (secondary N) is 2. The van der Waals surface area contributed by atoms with E-state index in [0.29, 0.717) is 17.0 Å². The summed E-state index contributed by atoms with van der Waals surface area (Å²) < 4.78 is 0. The summed E-state index contributed by atoms with van der Waals surface area (Å²) in [5.41, 5.74) is 3.20. The Morgan fingerprint density at radius 3 is 2.29 bits per heavy atom. The fourth-order valence-electron chi connectivity index (χ4n) is 3.19. The quantitative estimate of drug-likeness (QED) is 0.453. The maximum absolute atomic E-state index is 12.9. The normalized spacial score (nSPS) is 11.5. The molecule has 6 heteroatoms. The van der Waals surface area contributed by atoms with Crippen LogP contribution in [-0.2, 0) is 6.54 Å². The molecule has 0 fully saturated rings. The summed E-state index contributed by atoms with van der Waals surface area (Å²) in [4.78, 5) is 30.1. The Labute approximate surface area is 184 Å². The number of rotatable bonds is 7. The van der Waals surface area contributed by atoms with Gasteiger partial charge < -0.3 is 10.6 Å². The standard InChI is InChI=1S/C25H21N3O2S/c29-24(28-23(19-7-2-1-3-8-19)21-9-4-5-15-26-21)20-13-11-18(12-14-20)17-27-25(30)22-10-6-16-31-22/h1-16,23H,17H2,(H,27,30)(H,28,29)/t23-/m1/s1. The summed E-state index contributed by atoms with van der Waals surface area (Å²) in [5, 5.41) is 7.84. The minimum absolute atomic E-state index is 0.0992. The highest BCUT2D eigenvalue weighted by atomic mass is 32.1. The van der Waals surface area contributed by atoms with E-state index < -0.39 is 0 Å². The average molecular weight is 428 g/mol. The predicted molar refractivity (Wildman–Crippen MR) is 122 cm³/mol. The van der Waals surface area contributed by atoms with Crippen LogP contribution in [0.1, 0.15) is 42.9 Å². The molecule has 4 aromatic rings. The molecule has 0 unspecified atom stereocenters. The van der Waals surface area contributed by atoms with Gasteiger partial charge in [-0.05, 0) is 46.8 Å². The summed E-state index contributed by atoms with van der Waals surface area (Å²) in [6.07, 6.45) is 1.72. The van der Waals surface area contributed by atoms with Crippen molar-refractivity contribution in [1.29, 1.82) is 0 Å². The van der Waals surface area contributed by atoms with Gasteiger partial charge in [-0.2, -0.15) is 0 Å². The maximum Gasteiger partial charge on any atom is 0.261 e. The topological polar surface area (TPSA) is 71.1 Å². The van der Waals surface area contributed by atoms with Crippen LogP contribution in [0.5, 0.6) is 0 Å². The molecule has 0 radical (unpaired) electrons. The number of pyridine rings is 1. The molecule has 0 aliphatic rings. The molecule has 31 heavy (non-hydrogen) atoms. The van der Waals surface area contributed by atoms with Crippen LogP contribution in [0.15, 0.2) is 96.5 Å². The zero-order valence-corrected chi connectivity index (χ0v) is 17.5. The molecule has 0 aliphatic carbocycles. The van der Waals surface area contributed by atoms with Crippen LogP contribution >= 0.6 is 11.3 Å². The number of hydrogen-bond donors (Lipinski definition) is 2. The van der Waals surface area contributed by atoms with E-state index in [9.17, 15) is 9.59 Å². The van der Waals surface area contributed by atoms with Gasteiger partial charge in [-0.25, -0.2) is 0 Å². The first-order chi connectivity index (χ1) is 15.2. The highest BCUT2D eigenvalue weighted by Crippen LogP contribution is 2.20. The minimum atomic E-state index is -0.348. The second-order valence-electron chi connectivity index (χ2n) is 6.93. The van der Waals surface area contributed by atoms with Gasteiger partial charge in [0, 0.05) is 18.3 Å². The molecule has 2 aromatic heterocycles. The Morgan fingerprint density at radius 1 is 0.839 bits per heavy atom. The second-order valence-corrected chi connectivity index (χ2v) is 7.88. The number of hydrogen-bond acceptors (Lipinski definition) is 4. The van der Waals surface area contributed by atoms with Crippen molar-refractivity contribution in [3.8, 4) is 0 Å². The number of thiophene rings is 1. The van der Waals surface area contributed by atoms with Crippen molar-refractivity contribution in [3.63, 3.8) is 0 Å². The second kappa shape index (κ2) is 9.82. The van der Waals surface area contributed by atoms with E-state index in [0.717, 1.165) is 16.8 Å². The molecule has 0 aliphatic heterocycles. The molecule has 2 N–H and O–H groups in total. The summed E-state index contributed by atoms with van der Waals surface area (Å²) in [6.45, 7) is 0.402. The van der Waals surface area contributed by atoms with Crippen molar-refractivity contribution in [1.82, 2.24) is 15.6 Å². The number of nitrogens with zero attached hydrogens (tertiary/aromatic N) is 1. The summed E-state index contributed by atoms with van der Waals surface area (Å²) in [6, 6.07) is 25.9. The third kappa shape index (κ3) is 5.24. The number of aromatic nitrogens is 1. The van der Waals surface area contributed by atoms with Crippen molar-refractivity contribution < 1.29 is 9.59 Å². The van der Waals surface area contributed by atoms with Gasteiger partial charge in [-0.15, -0.1) is 11.3 Å². The predicted octanol–water partition coefficient (Wildman–Crippen LogP) is 4.59. The van der Waals surface area contributed by atoms with Gasteiger partial charge in [0.05, 0.1) is 16.6 Å². The first-order valence-corrected chi connectivity index (χ1v) is 10.8. The molecule has 2 amide bonds. The highest BCUT2D eigenvalue weighted by Gasteiger charge is 2.18. The molecule has 2 aromatic carbocycles. The third-order valence-corrected chi connectivity index (χ3v) is 5.67. The molecular weight excluding hydrogens is 406 g/mol. The van der Waals surface area contributed by atoms with Crippen LogP contribution in [0.2, 0.25) is 0 Å². The molecule has 0 saturated heterocycles. The summed E-state index contributed by atoms with van der Waals surface area (Å²) in [7, 11) is 0. The maximum atomic E-state index is 12.9. The van der Waals surface area contributed by atoms with Gasteiger partial charge in [0.2, 0.25) is 0 Å². The van der Waals surface area contributed by atoms with E-state index in [1.165, 1.54) is 11.3 Å². The van der Waals surface area contributed by atoms with Crippen LogP contribution in [-0.4, -0.2) is 16.8 Å². The van der Waals surface area contributed by atoms with Crippen molar-refractivity contribution >= 4 is 23.2 Å². The van der Waals surface area contributed by atoms with E-state index in [4.69, 9.17) is 0 Å². The fraction of sp³-hybridized carbons (Fsp3) is 0.0800. The molecule has 5 nitrogen and oxygen atoms in total. The van der Waals surface area contributed by atoms with Crippen LogP contribution < -0.4 is 10.6 Å². The van der Waals surface area contributed by atoms with Crippen LogP contribution in [0.3, 0.4) is 0 Å². The van der Waals surface area contributed by atoms with Crippen LogP contribution in [0.4, 0.5) is 0 Å². The van der Waals surface area contributed by atoms with Crippen molar-refractivity contribution in [2.75, 3.05) is 0 Å². The van der Waals surface area contributed by atoms with E-state index in [-0.39, 0.29) is 17.9 Å². The lowest BCUT2D eigenvalue weighted by Crippen LogP contribution is -2.30. The molecule has 154 valence electrons. The number of carbonyl (C=O) groups is 2. The fourth-order valence-corrected chi connectivity index (χ4v) is 3.83. The van der Waals surface area contributed by atoms with Crippen LogP contribution in [0.25, 0.3) is 0 Å². The van der Waals surface area contributed by atoms with Gasteiger partial charge in [0.1, 0.15) is 0 Å². The summed E-state index contributed by atoms with van der Waals surface area (Å²) in [5.74, 6) is -0.286. The zero-order valence-electron chi connectivity index (χ0n) is 16.7. The lowest BCUT2D eigenvalue weighted by Gasteiger charge is -2.19. The molecule has 0 saturated carbocycles. The largest absolute Gasteiger partial charge is 0.347 e. The SMILES string of the molecule is O=C(N[C@H](c1ccccc1)c1ccccn1)c1ccc(CNC(=O)c2cccs2)cc1. The molecular formula is C25H21N3O2S. The smallest absolute Gasteiger partial charge is 0.261 e. The van der Waals surface area contributed by atoms with Crippen molar-refractivity contribution in [2.24, 2.45) is 0 Å². The molecule has 2 heterocycles. The van der Waals surface area contributed by atoms with Crippen molar-refractivity contribution in [2.45, 2.75) is 12.6 Å². The van der Waals surface area contributed by atoms with Gasteiger partial charge in [-0.3, -0.25) is 14.6 Å². The Bertz CT molecular complexity index is 1090. The Kier molecular flexibility index (Phi) is 6.50. The monoisotopic (exact) mass is 427 g/mol. The minimum Gasteiger partial charge on any atom is -0.347 e. The zero-order chi connectivity index (χ0) is 21.5. The molecule has 0 bridgehead atoms. The molecule has 0 spiro atoms. The van der Waals surface area contributed by atoms with Gasteiger partial charge in [0.25, 0.3) is 11.8 Å². The number of carbonyl (C=O) groups excluding carboxylic acids is 2. The lowest BCUT2D eigenvalue weighted by atomic mass is 10.0.